The molecule has 0 bridgehead atoms. The summed E-state index contributed by atoms with van der Waals surface area (Å²) in [6, 6.07) is 21.3. The van der Waals surface area contributed by atoms with Gasteiger partial charge >= 0.3 is 0 Å². The molecule has 0 amide bonds. The molecule has 0 aliphatic carbocycles. The Morgan fingerprint density at radius 2 is 1.35 bits per heavy atom. The van der Waals surface area contributed by atoms with Crippen LogP contribution in [0.3, 0.4) is 0 Å². The smallest absolute Gasteiger partial charge is 0.221 e. The molecule has 3 nitrogen and oxygen atoms in total. The normalized spacial score (nSPS) is 11.2. The minimum Gasteiger partial charge on any atom is -0.461 e. The first kappa shape index (κ1) is 14.7. The van der Waals surface area contributed by atoms with Gasteiger partial charge in [-0.05, 0) is 17.7 Å². The molecule has 112 valence electrons. The number of hydrogen-bond acceptors (Lipinski definition) is 3. The third kappa shape index (κ3) is 3.35. The molecule has 3 aromatic rings. The number of benzene rings is 2. The van der Waals surface area contributed by atoms with Crippen LogP contribution in [0.5, 0.6) is 0 Å². The average Bonchev–Trinajstić information content (AvgIpc) is 3.15. The van der Waals surface area contributed by atoms with E-state index in [0.29, 0.717) is 16.7 Å². The van der Waals surface area contributed by atoms with Crippen LogP contribution in [0.2, 0.25) is 0 Å². The van der Waals surface area contributed by atoms with Crippen LogP contribution in [0.15, 0.2) is 89.6 Å². The molecule has 1 aromatic heterocycles. The fourth-order valence-electron chi connectivity index (χ4n) is 2.26. The van der Waals surface area contributed by atoms with E-state index in [0.717, 1.165) is 0 Å². The van der Waals surface area contributed by atoms with Gasteiger partial charge in [0.15, 0.2) is 11.5 Å². The number of furan rings is 1. The highest BCUT2D eigenvalue weighted by Crippen LogP contribution is 2.21. The van der Waals surface area contributed by atoms with Gasteiger partial charge in [0.2, 0.25) is 5.78 Å². The van der Waals surface area contributed by atoms with Gasteiger partial charge in [0, 0.05) is 17.2 Å². The number of allylic oxidation sites excluding steroid dienone is 2. The van der Waals surface area contributed by atoms with Gasteiger partial charge in [-0.3, -0.25) is 9.59 Å². The molecule has 0 aliphatic rings. The van der Waals surface area contributed by atoms with Crippen molar-refractivity contribution >= 4 is 17.1 Å². The SMILES string of the molecule is O=C(/C(=C\C(=O)c1ccco1)c1ccccc1)c1ccccc1. The van der Waals surface area contributed by atoms with Crippen molar-refractivity contribution in [1.29, 1.82) is 0 Å². The Morgan fingerprint density at radius 1 is 0.739 bits per heavy atom. The van der Waals surface area contributed by atoms with E-state index in [9.17, 15) is 9.59 Å². The van der Waals surface area contributed by atoms with Crippen molar-refractivity contribution in [3.05, 3.63) is 102 Å². The van der Waals surface area contributed by atoms with Crippen LogP contribution in [-0.2, 0) is 0 Å². The van der Waals surface area contributed by atoms with Crippen LogP contribution < -0.4 is 0 Å². The number of carbonyl (C=O) groups is 2. The van der Waals surface area contributed by atoms with Gasteiger partial charge in [0.25, 0.3) is 0 Å². The molecule has 1 heterocycles. The predicted octanol–water partition coefficient (Wildman–Crippen LogP) is 4.43. The van der Waals surface area contributed by atoms with E-state index in [1.54, 1.807) is 36.4 Å². The van der Waals surface area contributed by atoms with Crippen molar-refractivity contribution in [3.8, 4) is 0 Å². The molecule has 0 aliphatic heterocycles. The molecule has 2 aromatic carbocycles. The largest absolute Gasteiger partial charge is 0.461 e. The Balaban J connectivity index is 2.04. The standard InChI is InChI=1S/C20H14O3/c21-18(19-12-7-13-23-19)14-17(15-8-3-1-4-9-15)20(22)16-10-5-2-6-11-16/h1-14H/b17-14-. The summed E-state index contributed by atoms with van der Waals surface area (Å²) in [7, 11) is 0. The highest BCUT2D eigenvalue weighted by molar-refractivity contribution is 6.32. The maximum atomic E-state index is 12.8. The summed E-state index contributed by atoms with van der Waals surface area (Å²) >= 11 is 0. The third-order valence-electron chi connectivity index (χ3n) is 3.40. The van der Waals surface area contributed by atoms with Crippen molar-refractivity contribution in [2.75, 3.05) is 0 Å². The first-order chi connectivity index (χ1) is 11.3. The monoisotopic (exact) mass is 302 g/mol. The van der Waals surface area contributed by atoms with E-state index in [1.807, 2.05) is 36.4 Å². The van der Waals surface area contributed by atoms with Crippen molar-refractivity contribution in [3.63, 3.8) is 0 Å². The van der Waals surface area contributed by atoms with E-state index in [4.69, 9.17) is 4.42 Å². The molecule has 3 rings (SSSR count). The number of ketones is 2. The summed E-state index contributed by atoms with van der Waals surface area (Å²) in [5, 5.41) is 0. The van der Waals surface area contributed by atoms with Gasteiger partial charge in [-0.2, -0.15) is 0 Å². The lowest BCUT2D eigenvalue weighted by Gasteiger charge is -2.07. The Hall–Kier alpha value is -3.20. The molecule has 0 radical (unpaired) electrons. The zero-order chi connectivity index (χ0) is 16.1. The van der Waals surface area contributed by atoms with Gasteiger partial charge in [-0.15, -0.1) is 0 Å². The zero-order valence-corrected chi connectivity index (χ0v) is 12.3. The van der Waals surface area contributed by atoms with Crippen LogP contribution in [-0.4, -0.2) is 11.6 Å². The quantitative estimate of drug-likeness (QED) is 0.517. The zero-order valence-electron chi connectivity index (χ0n) is 12.3. The lowest BCUT2D eigenvalue weighted by atomic mass is 9.95. The van der Waals surface area contributed by atoms with Gasteiger partial charge < -0.3 is 4.42 Å². The van der Waals surface area contributed by atoms with Gasteiger partial charge in [0.05, 0.1) is 6.26 Å². The molecule has 3 heteroatoms. The van der Waals surface area contributed by atoms with E-state index < -0.39 is 0 Å². The minimum atomic E-state index is -0.335. The molecular weight excluding hydrogens is 288 g/mol. The molecule has 0 N–H and O–H groups in total. The highest BCUT2D eigenvalue weighted by atomic mass is 16.3. The van der Waals surface area contributed by atoms with Crippen molar-refractivity contribution < 1.29 is 14.0 Å². The lowest BCUT2D eigenvalue weighted by molar-refractivity contribution is 0.101. The van der Waals surface area contributed by atoms with Gasteiger partial charge in [-0.1, -0.05) is 60.7 Å². The predicted molar refractivity (Wildman–Crippen MR) is 88.2 cm³/mol. The minimum absolute atomic E-state index is 0.197. The number of carbonyl (C=O) groups excluding carboxylic acids is 2. The van der Waals surface area contributed by atoms with Gasteiger partial charge in [0.1, 0.15) is 0 Å². The van der Waals surface area contributed by atoms with Crippen LogP contribution in [0.1, 0.15) is 26.5 Å². The van der Waals surface area contributed by atoms with Crippen molar-refractivity contribution in [2.45, 2.75) is 0 Å². The van der Waals surface area contributed by atoms with Crippen LogP contribution in [0.4, 0.5) is 0 Å². The van der Waals surface area contributed by atoms with Crippen LogP contribution in [0.25, 0.3) is 5.57 Å². The van der Waals surface area contributed by atoms with E-state index in [1.165, 1.54) is 12.3 Å². The summed E-state index contributed by atoms with van der Waals surface area (Å²) in [6.07, 6.45) is 2.77. The first-order valence-electron chi connectivity index (χ1n) is 7.20. The Kier molecular flexibility index (Phi) is 4.29. The topological polar surface area (TPSA) is 47.3 Å². The summed E-state index contributed by atoms with van der Waals surface area (Å²) < 4.78 is 5.11. The summed E-state index contributed by atoms with van der Waals surface area (Å²) in [4.78, 5) is 25.1. The first-order valence-corrected chi connectivity index (χ1v) is 7.20. The molecule has 0 atom stereocenters. The molecule has 0 unspecified atom stereocenters. The van der Waals surface area contributed by atoms with Crippen LogP contribution in [0, 0.1) is 0 Å². The van der Waals surface area contributed by atoms with E-state index in [-0.39, 0.29) is 17.3 Å². The summed E-state index contributed by atoms with van der Waals surface area (Å²) in [5.41, 5.74) is 1.58. The van der Waals surface area contributed by atoms with Crippen molar-refractivity contribution in [1.82, 2.24) is 0 Å². The maximum absolute atomic E-state index is 12.8. The fraction of sp³-hybridized carbons (Fsp3) is 0. The summed E-state index contributed by atoms with van der Waals surface area (Å²) in [6.45, 7) is 0. The van der Waals surface area contributed by atoms with E-state index in [2.05, 4.69) is 0 Å². The second-order valence-electron chi connectivity index (χ2n) is 4.96. The summed E-state index contributed by atoms with van der Waals surface area (Å²) in [5.74, 6) is -0.325. The van der Waals surface area contributed by atoms with Crippen molar-refractivity contribution in [2.24, 2.45) is 0 Å². The molecule has 23 heavy (non-hydrogen) atoms. The average molecular weight is 302 g/mol. The number of hydrogen-bond donors (Lipinski definition) is 0. The Bertz CT molecular complexity index is 829. The van der Waals surface area contributed by atoms with Crippen LogP contribution >= 0.6 is 0 Å². The maximum Gasteiger partial charge on any atom is 0.221 e. The second-order valence-corrected chi connectivity index (χ2v) is 4.96. The lowest BCUT2D eigenvalue weighted by Crippen LogP contribution is -2.05. The van der Waals surface area contributed by atoms with Gasteiger partial charge in [-0.25, -0.2) is 0 Å². The molecule has 0 saturated carbocycles. The Labute approximate surface area is 133 Å². The van der Waals surface area contributed by atoms with E-state index >= 15 is 0 Å². The Morgan fingerprint density at radius 3 is 1.91 bits per heavy atom. The second kappa shape index (κ2) is 6.71. The number of rotatable bonds is 5. The molecule has 0 spiro atoms. The highest BCUT2D eigenvalue weighted by Gasteiger charge is 2.17. The third-order valence-corrected chi connectivity index (χ3v) is 3.40. The molecule has 0 fully saturated rings. The molecule has 0 saturated heterocycles. The fourth-order valence-corrected chi connectivity index (χ4v) is 2.26. The number of Topliss-reactive ketones (excluding diaryl/α,β-unsaturated/α-hetero) is 1. The molecular formula is C20H14O3.